The number of rotatable bonds is 5. The van der Waals surface area contributed by atoms with Crippen LogP contribution in [0.15, 0.2) is 18.2 Å². The van der Waals surface area contributed by atoms with Crippen LogP contribution in [0.1, 0.15) is 27.7 Å². The highest BCUT2D eigenvalue weighted by atomic mass is 35.5. The fourth-order valence-corrected chi connectivity index (χ4v) is 3.67. The van der Waals surface area contributed by atoms with E-state index in [1.165, 1.54) is 13.0 Å². The molecule has 0 aliphatic carbocycles. The molecule has 1 aromatic carbocycles. The molecule has 1 rings (SSSR count). The van der Waals surface area contributed by atoms with Gasteiger partial charge in [-0.3, -0.25) is 4.79 Å². The van der Waals surface area contributed by atoms with Crippen molar-refractivity contribution in [2.24, 2.45) is 5.92 Å². The Labute approximate surface area is 130 Å². The van der Waals surface area contributed by atoms with Crippen LogP contribution in [-0.4, -0.2) is 24.8 Å². The molecule has 0 saturated heterocycles. The van der Waals surface area contributed by atoms with Gasteiger partial charge in [0, 0.05) is 5.02 Å². The molecule has 0 aliphatic rings. The van der Waals surface area contributed by atoms with E-state index in [4.69, 9.17) is 17.3 Å². The molecule has 0 saturated carbocycles. The highest BCUT2D eigenvalue weighted by molar-refractivity contribution is 7.93. The van der Waals surface area contributed by atoms with Crippen LogP contribution in [0.4, 0.5) is 11.4 Å². The molecule has 5 nitrogen and oxygen atoms in total. The van der Waals surface area contributed by atoms with E-state index in [-0.39, 0.29) is 11.6 Å². The first-order chi connectivity index (χ1) is 9.57. The Morgan fingerprint density at radius 2 is 1.81 bits per heavy atom. The fraction of sp³-hybridized carbons (Fsp3) is 0.500. The maximum atomic E-state index is 12.3. The standard InChI is InChI=1S/C14H21ClN2O3S/c1-8(2)9(3)21(19,20)10(4)14(18)17-13-6-5-11(15)7-12(13)16/h5-10H,16H2,1-4H3,(H,17,18). The quantitative estimate of drug-likeness (QED) is 0.811. The second kappa shape index (κ2) is 6.66. The number of amides is 1. The maximum Gasteiger partial charge on any atom is 0.242 e. The van der Waals surface area contributed by atoms with Crippen LogP contribution in [0, 0.1) is 5.92 Å². The Morgan fingerprint density at radius 1 is 1.24 bits per heavy atom. The van der Waals surface area contributed by atoms with Gasteiger partial charge in [-0.1, -0.05) is 25.4 Å². The molecule has 0 aromatic heterocycles. The summed E-state index contributed by atoms with van der Waals surface area (Å²) in [6.45, 7) is 6.62. The summed E-state index contributed by atoms with van der Waals surface area (Å²) in [6, 6.07) is 4.61. The third-order valence-electron chi connectivity index (χ3n) is 3.59. The van der Waals surface area contributed by atoms with Gasteiger partial charge >= 0.3 is 0 Å². The van der Waals surface area contributed by atoms with E-state index >= 15 is 0 Å². The molecule has 7 heteroatoms. The van der Waals surface area contributed by atoms with Crippen LogP contribution in [0.2, 0.25) is 5.02 Å². The Kier molecular flexibility index (Phi) is 5.64. The number of halogens is 1. The van der Waals surface area contributed by atoms with Crippen molar-refractivity contribution in [3.63, 3.8) is 0 Å². The van der Waals surface area contributed by atoms with Gasteiger partial charge in [-0.15, -0.1) is 0 Å². The van der Waals surface area contributed by atoms with Gasteiger partial charge < -0.3 is 11.1 Å². The lowest BCUT2D eigenvalue weighted by molar-refractivity contribution is -0.115. The van der Waals surface area contributed by atoms with Gasteiger partial charge in [0.05, 0.1) is 16.6 Å². The number of hydrogen-bond donors (Lipinski definition) is 2. The topological polar surface area (TPSA) is 89.3 Å². The average Bonchev–Trinajstić information content (AvgIpc) is 2.39. The molecule has 3 N–H and O–H groups in total. The lowest BCUT2D eigenvalue weighted by Gasteiger charge is -2.21. The largest absolute Gasteiger partial charge is 0.397 e. The molecule has 0 radical (unpaired) electrons. The number of sulfone groups is 1. The van der Waals surface area contributed by atoms with Crippen LogP contribution in [0.3, 0.4) is 0 Å². The first-order valence-electron chi connectivity index (χ1n) is 6.66. The molecule has 2 unspecified atom stereocenters. The number of nitrogens with two attached hydrogens (primary N) is 1. The van der Waals surface area contributed by atoms with Gasteiger partial charge in [-0.25, -0.2) is 8.42 Å². The van der Waals surface area contributed by atoms with Crippen LogP contribution in [-0.2, 0) is 14.6 Å². The molecule has 0 aliphatic heterocycles. The predicted octanol–water partition coefficient (Wildman–Crippen LogP) is 2.71. The number of nitrogens with one attached hydrogen (secondary N) is 1. The monoisotopic (exact) mass is 332 g/mol. The third-order valence-corrected chi connectivity index (χ3v) is 6.61. The molecule has 0 bridgehead atoms. The average molecular weight is 333 g/mol. The molecule has 1 aromatic rings. The second-order valence-electron chi connectivity index (χ2n) is 5.40. The Hall–Kier alpha value is -1.27. The smallest absolute Gasteiger partial charge is 0.242 e. The van der Waals surface area contributed by atoms with Crippen molar-refractivity contribution in [3.05, 3.63) is 23.2 Å². The Bertz CT molecular complexity index is 629. The highest BCUT2D eigenvalue weighted by Crippen LogP contribution is 2.24. The minimum atomic E-state index is -3.56. The van der Waals surface area contributed by atoms with Crippen LogP contribution < -0.4 is 11.1 Å². The lowest BCUT2D eigenvalue weighted by Crippen LogP contribution is -2.39. The van der Waals surface area contributed by atoms with Gasteiger partial charge in [-0.2, -0.15) is 0 Å². The normalized spacial score (nSPS) is 14.8. The molecule has 21 heavy (non-hydrogen) atoms. The second-order valence-corrected chi connectivity index (χ2v) is 8.47. The fourth-order valence-electron chi connectivity index (χ4n) is 1.73. The Balaban J connectivity index is 2.93. The molecule has 1 amide bonds. The molecule has 118 valence electrons. The van der Waals surface area contributed by atoms with E-state index in [1.54, 1.807) is 19.1 Å². The van der Waals surface area contributed by atoms with Crippen LogP contribution in [0.5, 0.6) is 0 Å². The van der Waals surface area contributed by atoms with Gasteiger partial charge in [-0.05, 0) is 38.0 Å². The van der Waals surface area contributed by atoms with Crippen molar-refractivity contribution >= 4 is 38.7 Å². The van der Waals surface area contributed by atoms with E-state index in [9.17, 15) is 13.2 Å². The van der Waals surface area contributed by atoms with E-state index < -0.39 is 26.2 Å². The number of carbonyl (C=O) groups excluding carboxylic acids is 1. The molecule has 2 atom stereocenters. The van der Waals surface area contributed by atoms with Crippen molar-refractivity contribution in [3.8, 4) is 0 Å². The van der Waals surface area contributed by atoms with Gasteiger partial charge in [0.15, 0.2) is 9.84 Å². The van der Waals surface area contributed by atoms with E-state index in [2.05, 4.69) is 5.32 Å². The molecule has 0 fully saturated rings. The summed E-state index contributed by atoms with van der Waals surface area (Å²) < 4.78 is 24.7. The van der Waals surface area contributed by atoms with Crippen molar-refractivity contribution in [2.45, 2.75) is 38.2 Å². The number of anilines is 2. The lowest BCUT2D eigenvalue weighted by atomic mass is 10.2. The SMILES string of the molecule is CC(C)C(C)S(=O)(=O)C(C)C(=O)Nc1ccc(Cl)cc1N. The van der Waals surface area contributed by atoms with Crippen molar-refractivity contribution in [1.82, 2.24) is 0 Å². The maximum absolute atomic E-state index is 12.3. The molecular formula is C14H21ClN2O3S. The summed E-state index contributed by atoms with van der Waals surface area (Å²) in [7, 11) is -3.56. The zero-order chi connectivity index (χ0) is 16.4. The minimum absolute atomic E-state index is 0.0640. The van der Waals surface area contributed by atoms with Crippen LogP contribution >= 0.6 is 11.6 Å². The van der Waals surface area contributed by atoms with Gasteiger partial charge in [0.2, 0.25) is 5.91 Å². The summed E-state index contributed by atoms with van der Waals surface area (Å²) in [5, 5.41) is 1.23. The molecular weight excluding hydrogens is 312 g/mol. The van der Waals surface area contributed by atoms with Crippen LogP contribution in [0.25, 0.3) is 0 Å². The van der Waals surface area contributed by atoms with Crippen molar-refractivity contribution in [1.29, 1.82) is 0 Å². The zero-order valence-corrected chi connectivity index (χ0v) is 14.1. The highest BCUT2D eigenvalue weighted by Gasteiger charge is 2.34. The van der Waals surface area contributed by atoms with Crippen molar-refractivity contribution < 1.29 is 13.2 Å². The number of hydrogen-bond acceptors (Lipinski definition) is 4. The van der Waals surface area contributed by atoms with E-state index in [1.807, 2.05) is 13.8 Å². The predicted molar refractivity (Wildman–Crippen MR) is 87.2 cm³/mol. The summed E-state index contributed by atoms with van der Waals surface area (Å²) >= 11 is 5.78. The van der Waals surface area contributed by atoms with E-state index in [0.717, 1.165) is 0 Å². The first kappa shape index (κ1) is 17.8. The summed E-state index contributed by atoms with van der Waals surface area (Å²) in [5.74, 6) is -0.664. The van der Waals surface area contributed by atoms with Crippen molar-refractivity contribution in [2.75, 3.05) is 11.1 Å². The first-order valence-corrected chi connectivity index (χ1v) is 8.64. The zero-order valence-electron chi connectivity index (χ0n) is 12.6. The number of carbonyl (C=O) groups is 1. The number of benzene rings is 1. The van der Waals surface area contributed by atoms with E-state index in [0.29, 0.717) is 10.7 Å². The van der Waals surface area contributed by atoms with Gasteiger partial charge in [0.1, 0.15) is 5.25 Å². The summed E-state index contributed by atoms with van der Waals surface area (Å²) in [5.41, 5.74) is 6.38. The number of nitrogen functional groups attached to an aromatic ring is 1. The molecule has 0 spiro atoms. The minimum Gasteiger partial charge on any atom is -0.397 e. The Morgan fingerprint density at radius 3 is 2.29 bits per heavy atom. The third kappa shape index (κ3) is 4.11. The summed E-state index contributed by atoms with van der Waals surface area (Å²) in [4.78, 5) is 12.1. The molecule has 0 heterocycles. The van der Waals surface area contributed by atoms with Gasteiger partial charge in [0.25, 0.3) is 0 Å². The summed E-state index contributed by atoms with van der Waals surface area (Å²) in [6.07, 6.45) is 0.